The number of nitrogens with zero attached hydrogens (tertiary/aromatic N) is 4. The van der Waals surface area contributed by atoms with Crippen LogP contribution in [0.5, 0.6) is 0 Å². The van der Waals surface area contributed by atoms with E-state index < -0.39 is 5.82 Å². The van der Waals surface area contributed by atoms with Crippen molar-refractivity contribution in [2.45, 2.75) is 0 Å². The Hall–Kier alpha value is -2.93. The van der Waals surface area contributed by atoms with Crippen LogP contribution < -0.4 is 5.73 Å². The molecule has 0 unspecified atom stereocenters. The molecule has 0 saturated heterocycles. The minimum absolute atomic E-state index is 0.0114. The van der Waals surface area contributed by atoms with Crippen LogP contribution in [0.2, 0.25) is 5.02 Å². The van der Waals surface area contributed by atoms with Gasteiger partial charge >= 0.3 is 0 Å². The van der Waals surface area contributed by atoms with Gasteiger partial charge in [-0.2, -0.15) is 4.68 Å². The van der Waals surface area contributed by atoms with Gasteiger partial charge in [0.05, 0.1) is 21.7 Å². The van der Waals surface area contributed by atoms with E-state index >= 15 is 0 Å². The normalized spacial score (nSPS) is 11.2. The van der Waals surface area contributed by atoms with E-state index in [-0.39, 0.29) is 10.8 Å². The number of nitrogen functional groups attached to an aromatic ring is 1. The van der Waals surface area contributed by atoms with E-state index in [0.29, 0.717) is 17.2 Å². The van der Waals surface area contributed by atoms with Gasteiger partial charge in [0.25, 0.3) is 0 Å². The molecule has 0 amide bonds. The molecule has 0 spiro atoms. The molecule has 0 aliphatic heterocycles. The monoisotopic (exact) mass is 328 g/mol. The number of fused-ring (bicyclic) bond motifs is 1. The van der Waals surface area contributed by atoms with E-state index in [2.05, 4.69) is 20.3 Å². The Bertz CT molecular complexity index is 989. The lowest BCUT2D eigenvalue weighted by atomic mass is 10.3. The first-order valence-electron chi connectivity index (χ1n) is 6.75. The van der Waals surface area contributed by atoms with Crippen molar-refractivity contribution in [3.8, 4) is 17.2 Å². The van der Waals surface area contributed by atoms with Gasteiger partial charge < -0.3 is 10.7 Å². The number of hydrogen-bond acceptors (Lipinski definition) is 4. The molecule has 2 heterocycles. The van der Waals surface area contributed by atoms with Crippen LogP contribution in [-0.2, 0) is 0 Å². The maximum atomic E-state index is 13.3. The number of halogens is 2. The molecule has 6 nitrogen and oxygen atoms in total. The van der Waals surface area contributed by atoms with Crippen LogP contribution in [0.3, 0.4) is 0 Å². The highest BCUT2D eigenvalue weighted by molar-refractivity contribution is 6.30. The van der Waals surface area contributed by atoms with Gasteiger partial charge in [0.1, 0.15) is 5.82 Å². The summed E-state index contributed by atoms with van der Waals surface area (Å²) in [5, 5.41) is 8.06. The van der Waals surface area contributed by atoms with Gasteiger partial charge in [-0.3, -0.25) is 0 Å². The summed E-state index contributed by atoms with van der Waals surface area (Å²) in [5.41, 5.74) is 8.74. The average Bonchev–Trinajstić information content (AvgIpc) is 3.13. The lowest BCUT2D eigenvalue weighted by Crippen LogP contribution is -2.02. The fourth-order valence-corrected chi connectivity index (χ4v) is 2.51. The second kappa shape index (κ2) is 5.06. The van der Waals surface area contributed by atoms with Gasteiger partial charge in [0.15, 0.2) is 17.3 Å². The van der Waals surface area contributed by atoms with Crippen LogP contribution in [0.25, 0.3) is 28.2 Å². The van der Waals surface area contributed by atoms with Gasteiger partial charge in [0, 0.05) is 0 Å². The largest absolute Gasteiger partial charge is 0.382 e. The number of nitrogens with two attached hydrogens (primary N) is 1. The summed E-state index contributed by atoms with van der Waals surface area (Å²) in [4.78, 5) is 7.59. The maximum Gasteiger partial charge on any atom is 0.172 e. The minimum atomic E-state index is -0.508. The first-order chi connectivity index (χ1) is 11.1. The molecule has 0 saturated carbocycles. The summed E-state index contributed by atoms with van der Waals surface area (Å²) in [6.07, 6.45) is 0. The Morgan fingerprint density at radius 3 is 2.78 bits per heavy atom. The van der Waals surface area contributed by atoms with Crippen LogP contribution in [-0.4, -0.2) is 25.0 Å². The van der Waals surface area contributed by atoms with Crippen LogP contribution in [0, 0.1) is 5.82 Å². The van der Waals surface area contributed by atoms with Gasteiger partial charge in [-0.25, -0.2) is 9.37 Å². The lowest BCUT2D eigenvalue weighted by molar-refractivity contribution is 0.627. The van der Waals surface area contributed by atoms with Crippen molar-refractivity contribution in [3.63, 3.8) is 0 Å². The molecule has 0 bridgehead atoms. The van der Waals surface area contributed by atoms with E-state index in [9.17, 15) is 4.39 Å². The molecule has 2 aromatic carbocycles. The molecule has 2 aromatic heterocycles. The third-order valence-electron chi connectivity index (χ3n) is 3.47. The quantitative estimate of drug-likeness (QED) is 0.591. The Balaban J connectivity index is 1.82. The zero-order valence-electron chi connectivity index (χ0n) is 11.7. The molecule has 0 radical (unpaired) electrons. The van der Waals surface area contributed by atoms with Crippen molar-refractivity contribution in [2.75, 3.05) is 5.73 Å². The minimum Gasteiger partial charge on any atom is -0.382 e. The number of rotatable bonds is 2. The number of para-hydroxylation sites is 2. The molecule has 0 aliphatic carbocycles. The summed E-state index contributed by atoms with van der Waals surface area (Å²) >= 11 is 5.80. The van der Waals surface area contributed by atoms with Crippen LogP contribution in [0.4, 0.5) is 10.2 Å². The van der Waals surface area contributed by atoms with Crippen molar-refractivity contribution >= 4 is 28.5 Å². The van der Waals surface area contributed by atoms with E-state index in [1.807, 2.05) is 24.3 Å². The Morgan fingerprint density at radius 2 is 2.00 bits per heavy atom. The van der Waals surface area contributed by atoms with Crippen molar-refractivity contribution in [2.24, 2.45) is 0 Å². The van der Waals surface area contributed by atoms with Gasteiger partial charge in [0.2, 0.25) is 0 Å². The predicted molar refractivity (Wildman–Crippen MR) is 85.8 cm³/mol. The summed E-state index contributed by atoms with van der Waals surface area (Å²) in [5.74, 6) is 0.293. The number of aromatic amines is 1. The molecule has 0 aliphatic rings. The molecule has 114 valence electrons. The Kier molecular flexibility index (Phi) is 3.02. The van der Waals surface area contributed by atoms with E-state index in [4.69, 9.17) is 17.3 Å². The number of nitrogens with one attached hydrogen (secondary N) is 1. The summed E-state index contributed by atoms with van der Waals surface area (Å²) in [7, 11) is 0. The average molecular weight is 329 g/mol. The fourth-order valence-electron chi connectivity index (χ4n) is 2.33. The number of H-pyrrole nitrogens is 1. The van der Waals surface area contributed by atoms with E-state index in [1.54, 1.807) is 0 Å². The maximum absolute atomic E-state index is 13.3. The Morgan fingerprint density at radius 1 is 1.17 bits per heavy atom. The first kappa shape index (κ1) is 13.7. The molecule has 23 heavy (non-hydrogen) atoms. The third-order valence-corrected chi connectivity index (χ3v) is 3.76. The van der Waals surface area contributed by atoms with Gasteiger partial charge in [-0.1, -0.05) is 28.9 Å². The molecule has 3 N–H and O–H groups in total. The molecule has 4 aromatic rings. The highest BCUT2D eigenvalue weighted by Gasteiger charge is 2.17. The molecular formula is C15H10ClFN6. The summed E-state index contributed by atoms with van der Waals surface area (Å²) in [6, 6.07) is 11.8. The number of aromatic nitrogens is 5. The zero-order valence-corrected chi connectivity index (χ0v) is 12.4. The van der Waals surface area contributed by atoms with E-state index in [0.717, 1.165) is 11.0 Å². The number of hydrogen-bond donors (Lipinski definition) is 2. The fraction of sp³-hybridized carbons (Fsp3) is 0. The van der Waals surface area contributed by atoms with Crippen molar-refractivity contribution < 1.29 is 4.39 Å². The second-order valence-electron chi connectivity index (χ2n) is 4.94. The number of imidazole rings is 1. The highest BCUT2D eigenvalue weighted by Crippen LogP contribution is 2.26. The first-order valence-corrected chi connectivity index (χ1v) is 7.13. The van der Waals surface area contributed by atoms with Crippen LogP contribution in [0.1, 0.15) is 0 Å². The predicted octanol–water partition coefficient (Wildman–Crippen LogP) is 3.19. The second-order valence-corrected chi connectivity index (χ2v) is 5.34. The summed E-state index contributed by atoms with van der Waals surface area (Å²) < 4.78 is 14.7. The van der Waals surface area contributed by atoms with Gasteiger partial charge in [-0.15, -0.1) is 5.10 Å². The zero-order chi connectivity index (χ0) is 16.0. The lowest BCUT2D eigenvalue weighted by Gasteiger charge is -2.03. The number of anilines is 1. The van der Waals surface area contributed by atoms with Crippen molar-refractivity contribution in [3.05, 3.63) is 53.3 Å². The third kappa shape index (κ3) is 2.22. The summed E-state index contributed by atoms with van der Waals surface area (Å²) in [6.45, 7) is 0. The standard InChI is InChI=1S/C15H10ClFN6/c16-9-7-8(5-6-10(9)17)23-14(18)13(21-22-23)15-19-11-3-1-2-4-12(11)20-15/h1-7H,18H2,(H,19,20). The smallest absolute Gasteiger partial charge is 0.172 e. The van der Waals surface area contributed by atoms with Crippen LogP contribution >= 0.6 is 11.6 Å². The van der Waals surface area contributed by atoms with E-state index in [1.165, 1.54) is 22.9 Å². The van der Waals surface area contributed by atoms with Crippen molar-refractivity contribution in [1.82, 2.24) is 25.0 Å². The van der Waals surface area contributed by atoms with Crippen molar-refractivity contribution in [1.29, 1.82) is 0 Å². The van der Waals surface area contributed by atoms with Gasteiger partial charge in [-0.05, 0) is 30.3 Å². The molecule has 0 atom stereocenters. The topological polar surface area (TPSA) is 85.4 Å². The molecule has 4 rings (SSSR count). The Labute approximate surface area is 134 Å². The molecule has 0 fully saturated rings. The molecular weight excluding hydrogens is 319 g/mol. The number of benzene rings is 2. The van der Waals surface area contributed by atoms with Crippen LogP contribution in [0.15, 0.2) is 42.5 Å². The highest BCUT2D eigenvalue weighted by atomic mass is 35.5. The SMILES string of the molecule is Nc1c(-c2nc3ccccc3[nH]2)nnn1-c1ccc(F)c(Cl)c1. The molecule has 8 heteroatoms.